The molecule has 0 radical (unpaired) electrons. The number of benzene rings is 1. The zero-order chi connectivity index (χ0) is 12.1. The summed E-state index contributed by atoms with van der Waals surface area (Å²) in [6, 6.07) is 10.5. The molecule has 2 aromatic rings. The Kier molecular flexibility index (Phi) is 4.29. The van der Waals surface area contributed by atoms with Crippen molar-refractivity contribution < 1.29 is 0 Å². The van der Waals surface area contributed by atoms with Crippen molar-refractivity contribution in [3.63, 3.8) is 0 Å². The van der Waals surface area contributed by atoms with E-state index in [2.05, 4.69) is 49.5 Å². The highest BCUT2D eigenvalue weighted by Crippen LogP contribution is 2.30. The highest BCUT2D eigenvalue weighted by Gasteiger charge is 2.10. The van der Waals surface area contributed by atoms with E-state index in [9.17, 15) is 0 Å². The number of aryl methyl sites for hydroxylation is 1. The lowest BCUT2D eigenvalue weighted by Gasteiger charge is -1.98. The predicted octanol–water partition coefficient (Wildman–Crippen LogP) is 3.48. The van der Waals surface area contributed by atoms with Crippen molar-refractivity contribution in [2.75, 3.05) is 6.54 Å². The van der Waals surface area contributed by atoms with E-state index < -0.39 is 0 Å². The van der Waals surface area contributed by atoms with Crippen LogP contribution in [0.15, 0.2) is 30.3 Å². The smallest absolute Gasteiger partial charge is 0.107 e. The molecule has 0 aliphatic carbocycles. The molecule has 17 heavy (non-hydrogen) atoms. The Morgan fingerprint density at radius 3 is 2.59 bits per heavy atom. The molecule has 1 heterocycles. The molecule has 0 saturated heterocycles. The van der Waals surface area contributed by atoms with Crippen LogP contribution in [0.4, 0.5) is 0 Å². The van der Waals surface area contributed by atoms with Gasteiger partial charge in [-0.05, 0) is 18.5 Å². The first-order valence-electron chi connectivity index (χ1n) is 6.09. The lowest BCUT2D eigenvalue weighted by molar-refractivity contribution is 0.720. The molecule has 1 N–H and O–H groups in total. The molecule has 1 aromatic heterocycles. The van der Waals surface area contributed by atoms with Gasteiger partial charge in [0, 0.05) is 6.54 Å². The molecule has 2 nitrogen and oxygen atoms in total. The monoisotopic (exact) mass is 246 g/mol. The fourth-order valence-electron chi connectivity index (χ4n) is 1.76. The van der Waals surface area contributed by atoms with Gasteiger partial charge in [0.1, 0.15) is 5.01 Å². The van der Waals surface area contributed by atoms with Crippen LogP contribution in [-0.2, 0) is 13.0 Å². The Balaban J connectivity index is 2.30. The summed E-state index contributed by atoms with van der Waals surface area (Å²) in [5.74, 6) is 0. The van der Waals surface area contributed by atoms with Gasteiger partial charge >= 0.3 is 0 Å². The largest absolute Gasteiger partial charge is 0.311 e. The molecule has 0 amide bonds. The first-order chi connectivity index (χ1) is 8.35. The Labute approximate surface area is 107 Å². The number of rotatable bonds is 5. The van der Waals surface area contributed by atoms with Crippen molar-refractivity contribution in [1.82, 2.24) is 10.3 Å². The molecule has 0 bridgehead atoms. The van der Waals surface area contributed by atoms with Gasteiger partial charge in [-0.1, -0.05) is 44.2 Å². The van der Waals surface area contributed by atoms with Crippen molar-refractivity contribution >= 4 is 11.3 Å². The highest BCUT2D eigenvalue weighted by atomic mass is 32.1. The summed E-state index contributed by atoms with van der Waals surface area (Å²) in [6.07, 6.45) is 0.993. The van der Waals surface area contributed by atoms with Gasteiger partial charge in [-0.15, -0.1) is 11.3 Å². The summed E-state index contributed by atoms with van der Waals surface area (Å²) in [6.45, 7) is 6.15. The normalized spacial score (nSPS) is 10.7. The average molecular weight is 246 g/mol. The van der Waals surface area contributed by atoms with Crippen molar-refractivity contribution in [1.29, 1.82) is 0 Å². The standard InChI is InChI=1S/C14H18N2S/c1-3-12-14(11-8-6-5-7-9-11)17-13(16-12)10-15-4-2/h5-9,15H,3-4,10H2,1-2H3. The molecule has 0 aliphatic heterocycles. The van der Waals surface area contributed by atoms with Gasteiger partial charge in [0.25, 0.3) is 0 Å². The lowest BCUT2D eigenvalue weighted by atomic mass is 10.1. The molecular weight excluding hydrogens is 228 g/mol. The predicted molar refractivity (Wildman–Crippen MR) is 74.3 cm³/mol. The number of hydrogen-bond donors (Lipinski definition) is 1. The van der Waals surface area contributed by atoms with E-state index in [0.29, 0.717) is 0 Å². The molecular formula is C14H18N2S. The van der Waals surface area contributed by atoms with Gasteiger partial charge in [-0.25, -0.2) is 4.98 Å². The molecule has 1 aromatic carbocycles. The van der Waals surface area contributed by atoms with Gasteiger partial charge in [-0.2, -0.15) is 0 Å². The fourth-order valence-corrected chi connectivity index (χ4v) is 2.89. The van der Waals surface area contributed by atoms with E-state index in [1.165, 1.54) is 21.1 Å². The molecule has 0 atom stereocenters. The second-order valence-corrected chi connectivity index (χ2v) is 4.97. The molecule has 3 heteroatoms. The maximum Gasteiger partial charge on any atom is 0.107 e. The van der Waals surface area contributed by atoms with Crippen molar-refractivity contribution in [3.8, 4) is 10.4 Å². The second kappa shape index (κ2) is 5.94. The van der Waals surface area contributed by atoms with Gasteiger partial charge in [-0.3, -0.25) is 0 Å². The number of nitrogens with one attached hydrogen (secondary N) is 1. The third kappa shape index (κ3) is 2.93. The first-order valence-corrected chi connectivity index (χ1v) is 6.91. The SMILES string of the molecule is CCNCc1nc(CC)c(-c2ccccc2)s1. The molecule has 90 valence electrons. The van der Waals surface area contributed by atoms with Crippen LogP contribution < -0.4 is 5.32 Å². The molecule has 2 rings (SSSR count). The van der Waals surface area contributed by atoms with Crippen LogP contribution in [0.1, 0.15) is 24.5 Å². The average Bonchev–Trinajstić information content (AvgIpc) is 2.80. The van der Waals surface area contributed by atoms with E-state index in [1.54, 1.807) is 11.3 Å². The first kappa shape index (κ1) is 12.3. The summed E-state index contributed by atoms with van der Waals surface area (Å²) in [7, 11) is 0. The third-order valence-corrected chi connectivity index (χ3v) is 3.79. The second-order valence-electron chi connectivity index (χ2n) is 3.88. The van der Waals surface area contributed by atoms with Gasteiger partial charge in [0.15, 0.2) is 0 Å². The summed E-state index contributed by atoms with van der Waals surface area (Å²) >= 11 is 1.80. The topological polar surface area (TPSA) is 24.9 Å². The van der Waals surface area contributed by atoms with E-state index in [0.717, 1.165) is 19.5 Å². The van der Waals surface area contributed by atoms with Crippen LogP contribution >= 0.6 is 11.3 Å². The molecule has 0 unspecified atom stereocenters. The Morgan fingerprint density at radius 2 is 1.94 bits per heavy atom. The number of nitrogens with zero attached hydrogens (tertiary/aromatic N) is 1. The van der Waals surface area contributed by atoms with E-state index >= 15 is 0 Å². The zero-order valence-electron chi connectivity index (χ0n) is 10.4. The quantitative estimate of drug-likeness (QED) is 0.873. The Bertz CT molecular complexity index is 462. The van der Waals surface area contributed by atoms with E-state index in [-0.39, 0.29) is 0 Å². The van der Waals surface area contributed by atoms with Crippen molar-refractivity contribution in [2.24, 2.45) is 0 Å². The molecule has 0 fully saturated rings. The number of thiazole rings is 1. The fraction of sp³-hybridized carbons (Fsp3) is 0.357. The molecule has 0 spiro atoms. The van der Waals surface area contributed by atoms with Crippen LogP contribution in [0.3, 0.4) is 0 Å². The maximum atomic E-state index is 4.70. The van der Waals surface area contributed by atoms with Crippen LogP contribution in [0.25, 0.3) is 10.4 Å². The zero-order valence-corrected chi connectivity index (χ0v) is 11.2. The van der Waals surface area contributed by atoms with E-state index in [1.807, 2.05) is 0 Å². The van der Waals surface area contributed by atoms with Crippen LogP contribution in [-0.4, -0.2) is 11.5 Å². The third-order valence-electron chi connectivity index (χ3n) is 2.64. The molecule has 0 saturated carbocycles. The summed E-state index contributed by atoms with van der Waals surface area (Å²) in [4.78, 5) is 6.02. The maximum absolute atomic E-state index is 4.70. The van der Waals surface area contributed by atoms with Gasteiger partial charge < -0.3 is 5.32 Å². The minimum absolute atomic E-state index is 0.876. The number of hydrogen-bond acceptors (Lipinski definition) is 3. The minimum Gasteiger partial charge on any atom is -0.311 e. The van der Waals surface area contributed by atoms with Crippen LogP contribution in [0.2, 0.25) is 0 Å². The van der Waals surface area contributed by atoms with Gasteiger partial charge in [0.05, 0.1) is 10.6 Å². The van der Waals surface area contributed by atoms with Crippen LogP contribution in [0.5, 0.6) is 0 Å². The Hall–Kier alpha value is -1.19. The minimum atomic E-state index is 0.876. The van der Waals surface area contributed by atoms with E-state index in [4.69, 9.17) is 4.98 Å². The summed E-state index contributed by atoms with van der Waals surface area (Å²) < 4.78 is 0. The molecule has 0 aliphatic rings. The lowest BCUT2D eigenvalue weighted by Crippen LogP contribution is -2.11. The van der Waals surface area contributed by atoms with Gasteiger partial charge in [0.2, 0.25) is 0 Å². The highest BCUT2D eigenvalue weighted by molar-refractivity contribution is 7.15. The summed E-state index contributed by atoms with van der Waals surface area (Å²) in [5.41, 5.74) is 2.50. The summed E-state index contributed by atoms with van der Waals surface area (Å²) in [5, 5.41) is 4.51. The van der Waals surface area contributed by atoms with Crippen molar-refractivity contribution in [2.45, 2.75) is 26.8 Å². The Morgan fingerprint density at radius 1 is 1.18 bits per heavy atom. The van der Waals surface area contributed by atoms with Crippen LogP contribution in [0, 0.1) is 0 Å². The number of aromatic nitrogens is 1. The van der Waals surface area contributed by atoms with Crippen molar-refractivity contribution in [3.05, 3.63) is 41.0 Å².